The van der Waals surface area contributed by atoms with Crippen LogP contribution < -0.4 is 0 Å². The summed E-state index contributed by atoms with van der Waals surface area (Å²) in [6.07, 6.45) is 1.63. The molecule has 24 heavy (non-hydrogen) atoms. The zero-order valence-corrected chi connectivity index (χ0v) is 15.4. The van der Waals surface area contributed by atoms with Crippen LogP contribution in [0.2, 0.25) is 0 Å². The summed E-state index contributed by atoms with van der Waals surface area (Å²) < 4.78 is 17.4. The molecule has 4 atom stereocenters. The van der Waals surface area contributed by atoms with E-state index < -0.39 is 17.5 Å². The Morgan fingerprint density at radius 3 is 2.33 bits per heavy atom. The Morgan fingerprint density at radius 2 is 1.75 bits per heavy atom. The van der Waals surface area contributed by atoms with Gasteiger partial charge in [0.2, 0.25) is 0 Å². The van der Waals surface area contributed by atoms with E-state index in [2.05, 4.69) is 0 Å². The minimum Gasteiger partial charge on any atom is -0.444 e. The molecule has 0 aromatic rings. The van der Waals surface area contributed by atoms with Crippen molar-refractivity contribution in [2.75, 3.05) is 13.1 Å². The molecule has 138 valence electrons. The lowest BCUT2D eigenvalue weighted by Crippen LogP contribution is -2.44. The van der Waals surface area contributed by atoms with E-state index in [4.69, 9.17) is 14.2 Å². The molecule has 2 saturated heterocycles. The molecule has 0 unspecified atom stereocenters. The van der Waals surface area contributed by atoms with Gasteiger partial charge in [-0.25, -0.2) is 4.79 Å². The Kier molecular flexibility index (Phi) is 4.60. The van der Waals surface area contributed by atoms with E-state index in [1.165, 1.54) is 0 Å². The molecule has 0 aromatic heterocycles. The van der Waals surface area contributed by atoms with Gasteiger partial charge in [0, 0.05) is 13.1 Å². The molecule has 1 saturated carbocycles. The molecule has 1 amide bonds. The number of fused-ring (bicyclic) bond motifs is 1. The van der Waals surface area contributed by atoms with Crippen LogP contribution in [0.15, 0.2) is 0 Å². The van der Waals surface area contributed by atoms with Gasteiger partial charge in [0.1, 0.15) is 11.7 Å². The minimum atomic E-state index is -0.619. The number of amides is 1. The summed E-state index contributed by atoms with van der Waals surface area (Å²) in [5, 5.41) is 10.3. The van der Waals surface area contributed by atoms with Gasteiger partial charge >= 0.3 is 6.09 Å². The predicted molar refractivity (Wildman–Crippen MR) is 88.5 cm³/mol. The normalized spacial score (nSPS) is 36.7. The van der Waals surface area contributed by atoms with Crippen LogP contribution in [-0.2, 0) is 14.2 Å². The summed E-state index contributed by atoms with van der Waals surface area (Å²) in [4.78, 5) is 14.0. The Hall–Kier alpha value is -0.850. The third kappa shape index (κ3) is 3.70. The van der Waals surface area contributed by atoms with E-state index in [1.54, 1.807) is 4.90 Å². The van der Waals surface area contributed by atoms with Gasteiger partial charge in [0.25, 0.3) is 0 Å². The molecule has 0 bridgehead atoms. The lowest BCUT2D eigenvalue weighted by atomic mass is 9.82. The van der Waals surface area contributed by atoms with Crippen molar-refractivity contribution in [2.24, 2.45) is 11.8 Å². The van der Waals surface area contributed by atoms with Crippen molar-refractivity contribution in [3.8, 4) is 0 Å². The second-order valence-corrected chi connectivity index (χ2v) is 8.84. The number of aliphatic hydroxyl groups is 1. The van der Waals surface area contributed by atoms with E-state index in [0.717, 1.165) is 19.3 Å². The smallest absolute Gasteiger partial charge is 0.410 e. The van der Waals surface area contributed by atoms with Crippen molar-refractivity contribution < 1.29 is 24.1 Å². The lowest BCUT2D eigenvalue weighted by molar-refractivity contribution is -0.169. The maximum Gasteiger partial charge on any atom is 0.410 e. The van der Waals surface area contributed by atoms with Gasteiger partial charge in [0.05, 0.1) is 12.2 Å². The topological polar surface area (TPSA) is 68.2 Å². The van der Waals surface area contributed by atoms with Gasteiger partial charge in [-0.05, 0) is 65.7 Å². The molecule has 0 spiro atoms. The van der Waals surface area contributed by atoms with E-state index in [1.807, 2.05) is 34.6 Å². The number of nitrogens with zero attached hydrogens (tertiary/aromatic N) is 1. The SMILES string of the molecule is CC(C)(C)OC(=O)N1CCC([C@H]2C[C@H](O)[C@@H]3OC(C)(C)O[C@@H]32)CC1. The quantitative estimate of drug-likeness (QED) is 0.794. The summed E-state index contributed by atoms with van der Waals surface area (Å²) in [5.41, 5.74) is -0.461. The Morgan fingerprint density at radius 1 is 1.17 bits per heavy atom. The van der Waals surface area contributed by atoms with Crippen LogP contribution in [0.3, 0.4) is 0 Å². The molecule has 2 heterocycles. The van der Waals surface area contributed by atoms with E-state index in [9.17, 15) is 9.90 Å². The summed E-state index contributed by atoms with van der Waals surface area (Å²) in [6.45, 7) is 10.9. The maximum absolute atomic E-state index is 12.2. The highest BCUT2D eigenvalue weighted by atomic mass is 16.8. The first-order valence-corrected chi connectivity index (χ1v) is 9.07. The van der Waals surface area contributed by atoms with Crippen molar-refractivity contribution in [2.45, 2.75) is 83.6 Å². The minimum absolute atomic E-state index is 0.0342. The lowest BCUT2D eigenvalue weighted by Gasteiger charge is -2.37. The molecule has 3 aliphatic rings. The molecule has 1 N–H and O–H groups in total. The van der Waals surface area contributed by atoms with Crippen LogP contribution in [-0.4, -0.2) is 58.9 Å². The average molecular weight is 341 g/mol. The van der Waals surface area contributed by atoms with E-state index in [-0.39, 0.29) is 18.3 Å². The van der Waals surface area contributed by atoms with Crippen LogP contribution in [0.25, 0.3) is 0 Å². The number of ether oxygens (including phenoxy) is 3. The summed E-state index contributed by atoms with van der Waals surface area (Å²) in [5.74, 6) is 0.130. The number of carbonyl (C=O) groups excluding carboxylic acids is 1. The van der Waals surface area contributed by atoms with Crippen LogP contribution >= 0.6 is 0 Å². The first-order valence-electron chi connectivity index (χ1n) is 9.07. The second-order valence-electron chi connectivity index (χ2n) is 8.84. The zero-order chi connectivity index (χ0) is 17.7. The molecule has 0 aromatic carbocycles. The average Bonchev–Trinajstić information content (AvgIpc) is 2.92. The third-order valence-electron chi connectivity index (χ3n) is 5.28. The molecule has 0 radical (unpaired) electrons. The molecule has 6 heteroatoms. The van der Waals surface area contributed by atoms with Crippen LogP contribution in [0.1, 0.15) is 53.9 Å². The number of hydrogen-bond acceptors (Lipinski definition) is 5. The summed E-state index contributed by atoms with van der Waals surface area (Å²) in [6, 6.07) is 0. The fourth-order valence-electron chi connectivity index (χ4n) is 4.29. The number of piperidine rings is 1. The van der Waals surface area contributed by atoms with Crippen LogP contribution in [0, 0.1) is 11.8 Å². The third-order valence-corrected chi connectivity index (χ3v) is 5.28. The number of likely N-dealkylation sites (tertiary alicyclic amines) is 1. The van der Waals surface area contributed by atoms with Crippen molar-refractivity contribution >= 4 is 6.09 Å². The van der Waals surface area contributed by atoms with Crippen LogP contribution in [0.5, 0.6) is 0 Å². The van der Waals surface area contributed by atoms with Gasteiger partial charge < -0.3 is 24.2 Å². The molecule has 3 fully saturated rings. The van der Waals surface area contributed by atoms with Crippen LogP contribution in [0.4, 0.5) is 4.79 Å². The Labute approximate surface area is 144 Å². The highest BCUT2D eigenvalue weighted by Crippen LogP contribution is 2.46. The standard InChI is InChI=1S/C18H31NO5/c1-17(2,3)24-16(21)19-8-6-11(7-9-19)12-10-13(20)15-14(12)22-18(4,5)23-15/h11-15,20H,6-10H2,1-5H3/t12-,13+,14-,15+/m1/s1. The van der Waals surface area contributed by atoms with Crippen molar-refractivity contribution in [1.29, 1.82) is 0 Å². The molecule has 6 nitrogen and oxygen atoms in total. The predicted octanol–water partition coefficient (Wildman–Crippen LogP) is 2.53. The summed E-state index contributed by atoms with van der Waals surface area (Å²) >= 11 is 0. The fourth-order valence-corrected chi connectivity index (χ4v) is 4.29. The first kappa shape index (κ1) is 18.0. The van der Waals surface area contributed by atoms with Crippen molar-refractivity contribution in [3.05, 3.63) is 0 Å². The fraction of sp³-hybridized carbons (Fsp3) is 0.944. The van der Waals surface area contributed by atoms with Gasteiger partial charge in [-0.1, -0.05) is 0 Å². The number of hydrogen-bond donors (Lipinski definition) is 1. The molecular weight excluding hydrogens is 310 g/mol. The molecule has 3 rings (SSSR count). The van der Waals surface area contributed by atoms with Gasteiger partial charge in [0.15, 0.2) is 5.79 Å². The first-order chi connectivity index (χ1) is 11.1. The highest BCUT2D eigenvalue weighted by Gasteiger charge is 2.55. The number of rotatable bonds is 1. The van der Waals surface area contributed by atoms with Crippen molar-refractivity contribution in [1.82, 2.24) is 4.90 Å². The Bertz CT molecular complexity index is 478. The molecule has 1 aliphatic carbocycles. The number of aliphatic hydroxyl groups excluding tert-OH is 1. The maximum atomic E-state index is 12.2. The molecule has 2 aliphatic heterocycles. The van der Waals surface area contributed by atoms with E-state index >= 15 is 0 Å². The van der Waals surface area contributed by atoms with E-state index in [0.29, 0.717) is 24.9 Å². The van der Waals surface area contributed by atoms with Gasteiger partial charge in [-0.15, -0.1) is 0 Å². The number of carbonyl (C=O) groups is 1. The molecular formula is C18H31NO5. The van der Waals surface area contributed by atoms with Gasteiger partial charge in [-0.3, -0.25) is 0 Å². The monoisotopic (exact) mass is 341 g/mol. The highest BCUT2D eigenvalue weighted by molar-refractivity contribution is 5.68. The Balaban J connectivity index is 1.56. The van der Waals surface area contributed by atoms with Crippen molar-refractivity contribution in [3.63, 3.8) is 0 Å². The van der Waals surface area contributed by atoms with Gasteiger partial charge in [-0.2, -0.15) is 0 Å². The summed E-state index contributed by atoms with van der Waals surface area (Å²) in [7, 11) is 0. The second kappa shape index (κ2) is 6.15. The largest absolute Gasteiger partial charge is 0.444 e. The zero-order valence-electron chi connectivity index (χ0n) is 15.4.